The van der Waals surface area contributed by atoms with Gasteiger partial charge < -0.3 is 15.2 Å². The molecule has 4 rings (SSSR count). The summed E-state index contributed by atoms with van der Waals surface area (Å²) in [4.78, 5) is 18.6. The summed E-state index contributed by atoms with van der Waals surface area (Å²) in [7, 11) is 0. The predicted octanol–water partition coefficient (Wildman–Crippen LogP) is 1.97. The number of carbonyl (C=O) groups is 1. The van der Waals surface area contributed by atoms with Crippen molar-refractivity contribution in [3.8, 4) is 0 Å². The van der Waals surface area contributed by atoms with Crippen LogP contribution in [0.25, 0.3) is 11.1 Å². The van der Waals surface area contributed by atoms with Gasteiger partial charge in [-0.15, -0.1) is 0 Å². The van der Waals surface area contributed by atoms with Crippen LogP contribution in [0.15, 0.2) is 10.6 Å². The number of rotatable bonds is 5. The fourth-order valence-corrected chi connectivity index (χ4v) is 3.61. The molecule has 1 saturated heterocycles. The quantitative estimate of drug-likeness (QED) is 0.803. The van der Waals surface area contributed by atoms with E-state index in [9.17, 15) is 18.0 Å². The van der Waals surface area contributed by atoms with E-state index in [0.717, 1.165) is 18.5 Å². The first kappa shape index (κ1) is 19.1. The molecule has 1 aliphatic carbocycles. The number of hydrogen-bond acceptors (Lipinski definition) is 6. The van der Waals surface area contributed by atoms with Gasteiger partial charge in [0.25, 0.3) is 11.6 Å². The Hall–Kier alpha value is -2.20. The molecule has 0 aromatic carbocycles. The average Bonchev–Trinajstić information content (AvgIpc) is 3.44. The minimum Gasteiger partial charge on any atom is -0.350 e. The fourth-order valence-electron chi connectivity index (χ4n) is 3.61. The maximum Gasteiger partial charge on any atom is 0.405 e. The number of pyridine rings is 1. The molecule has 3 heterocycles. The standard InChI is InChI=1S/C18H22F3N5O2/c1-10-15-12(8-13(11-2-3-11)24-17(15)28-25-10)16(27)23-9-14(18(19,20)21)26-6-4-22-5-7-26/h8,11,14,22H,2-7,9H2,1H3,(H,23,27). The zero-order chi connectivity index (χ0) is 19.9. The van der Waals surface area contributed by atoms with E-state index in [1.165, 1.54) is 4.90 Å². The SMILES string of the molecule is Cc1noc2nc(C3CC3)cc(C(=O)NCC(N3CCNCC3)C(F)(F)F)c12. The molecule has 28 heavy (non-hydrogen) atoms. The summed E-state index contributed by atoms with van der Waals surface area (Å²) in [6.45, 7) is 2.74. The summed E-state index contributed by atoms with van der Waals surface area (Å²) in [5.41, 5.74) is 1.74. The van der Waals surface area contributed by atoms with E-state index in [1.807, 2.05) is 0 Å². The molecule has 0 bridgehead atoms. The number of hydrogen-bond donors (Lipinski definition) is 2. The maximum atomic E-state index is 13.6. The van der Waals surface area contributed by atoms with Crippen molar-refractivity contribution in [1.82, 2.24) is 25.7 Å². The lowest BCUT2D eigenvalue weighted by molar-refractivity contribution is -0.183. The van der Waals surface area contributed by atoms with Crippen LogP contribution in [0.4, 0.5) is 13.2 Å². The normalized spacial score (nSPS) is 19.7. The van der Waals surface area contributed by atoms with Crippen LogP contribution in [-0.4, -0.2) is 65.9 Å². The zero-order valence-electron chi connectivity index (χ0n) is 15.5. The van der Waals surface area contributed by atoms with E-state index < -0.39 is 24.7 Å². The van der Waals surface area contributed by atoms with Gasteiger partial charge >= 0.3 is 6.18 Å². The minimum atomic E-state index is -4.43. The topological polar surface area (TPSA) is 83.3 Å². The highest BCUT2D eigenvalue weighted by Crippen LogP contribution is 2.40. The van der Waals surface area contributed by atoms with Crippen LogP contribution in [0, 0.1) is 6.92 Å². The third-order valence-electron chi connectivity index (χ3n) is 5.30. The molecular formula is C18H22F3N5O2. The van der Waals surface area contributed by atoms with E-state index in [2.05, 4.69) is 20.8 Å². The van der Waals surface area contributed by atoms with E-state index in [0.29, 0.717) is 24.2 Å². The molecule has 2 aromatic rings. The molecular weight excluding hydrogens is 375 g/mol. The van der Waals surface area contributed by atoms with Gasteiger partial charge in [0.2, 0.25) is 0 Å². The summed E-state index contributed by atoms with van der Waals surface area (Å²) in [5.74, 6) is -0.296. The molecule has 1 saturated carbocycles. The molecule has 1 aliphatic heterocycles. The van der Waals surface area contributed by atoms with Crippen molar-refractivity contribution >= 4 is 17.0 Å². The molecule has 7 nitrogen and oxygen atoms in total. The molecule has 1 unspecified atom stereocenters. The average molecular weight is 397 g/mol. The molecule has 10 heteroatoms. The number of aryl methyl sites for hydroxylation is 1. The van der Waals surface area contributed by atoms with Crippen LogP contribution in [0.1, 0.15) is 40.5 Å². The summed E-state index contributed by atoms with van der Waals surface area (Å²) in [6, 6.07) is -0.0604. The van der Waals surface area contributed by atoms with Gasteiger partial charge in [0.15, 0.2) is 0 Å². The van der Waals surface area contributed by atoms with Crippen molar-refractivity contribution in [3.05, 3.63) is 23.0 Å². The number of nitrogens with one attached hydrogen (secondary N) is 2. The first-order valence-corrected chi connectivity index (χ1v) is 9.41. The minimum absolute atomic E-state index is 0.251. The third-order valence-corrected chi connectivity index (χ3v) is 5.30. The van der Waals surface area contributed by atoms with Gasteiger partial charge in [-0.2, -0.15) is 13.2 Å². The Morgan fingerprint density at radius 1 is 1.39 bits per heavy atom. The Morgan fingerprint density at radius 2 is 2.11 bits per heavy atom. The summed E-state index contributed by atoms with van der Waals surface area (Å²) in [6.07, 6.45) is -2.47. The lowest BCUT2D eigenvalue weighted by Crippen LogP contribution is -2.57. The highest BCUT2D eigenvalue weighted by atomic mass is 19.4. The second kappa shape index (κ2) is 7.32. The number of piperazine rings is 1. The van der Waals surface area contributed by atoms with E-state index in [4.69, 9.17) is 4.52 Å². The number of fused-ring (bicyclic) bond motifs is 1. The molecule has 2 fully saturated rings. The van der Waals surface area contributed by atoms with E-state index in [-0.39, 0.29) is 30.3 Å². The Labute approximate surface area is 159 Å². The fraction of sp³-hybridized carbons (Fsp3) is 0.611. The Balaban J connectivity index is 1.56. The number of nitrogens with zero attached hydrogens (tertiary/aromatic N) is 3. The van der Waals surface area contributed by atoms with Gasteiger partial charge in [-0.1, -0.05) is 5.16 Å². The molecule has 152 valence electrons. The first-order chi connectivity index (χ1) is 13.3. The van der Waals surface area contributed by atoms with Gasteiger partial charge in [-0.05, 0) is 25.8 Å². The van der Waals surface area contributed by atoms with E-state index >= 15 is 0 Å². The second-order valence-electron chi connectivity index (χ2n) is 7.37. The van der Waals surface area contributed by atoms with Crippen molar-refractivity contribution in [3.63, 3.8) is 0 Å². The van der Waals surface area contributed by atoms with Gasteiger partial charge in [-0.3, -0.25) is 9.69 Å². The van der Waals surface area contributed by atoms with Gasteiger partial charge in [0, 0.05) is 44.3 Å². The van der Waals surface area contributed by atoms with Crippen molar-refractivity contribution < 1.29 is 22.5 Å². The third kappa shape index (κ3) is 3.83. The summed E-state index contributed by atoms with van der Waals surface area (Å²) < 4.78 is 45.9. The lowest BCUT2D eigenvalue weighted by atomic mass is 10.1. The largest absolute Gasteiger partial charge is 0.405 e. The van der Waals surface area contributed by atoms with Crippen molar-refractivity contribution in [2.75, 3.05) is 32.7 Å². The van der Waals surface area contributed by atoms with E-state index in [1.54, 1.807) is 13.0 Å². The highest BCUT2D eigenvalue weighted by Gasteiger charge is 2.44. The molecule has 2 aliphatic rings. The summed E-state index contributed by atoms with van der Waals surface area (Å²) in [5, 5.41) is 9.82. The van der Waals surface area contributed by atoms with Crippen molar-refractivity contribution in [1.29, 1.82) is 0 Å². The number of amides is 1. The number of alkyl halides is 3. The van der Waals surface area contributed by atoms with Crippen LogP contribution in [0.3, 0.4) is 0 Å². The van der Waals surface area contributed by atoms with Crippen molar-refractivity contribution in [2.24, 2.45) is 0 Å². The summed E-state index contributed by atoms with van der Waals surface area (Å²) >= 11 is 0. The Bertz CT molecular complexity index is 872. The van der Waals surface area contributed by atoms with Crippen LogP contribution in [0.5, 0.6) is 0 Å². The second-order valence-corrected chi connectivity index (χ2v) is 7.37. The molecule has 1 atom stereocenters. The lowest BCUT2D eigenvalue weighted by Gasteiger charge is -2.35. The predicted molar refractivity (Wildman–Crippen MR) is 95.1 cm³/mol. The molecule has 2 N–H and O–H groups in total. The van der Waals surface area contributed by atoms with Crippen LogP contribution < -0.4 is 10.6 Å². The van der Waals surface area contributed by atoms with Gasteiger partial charge in [0.05, 0.1) is 16.6 Å². The van der Waals surface area contributed by atoms with Crippen LogP contribution in [-0.2, 0) is 0 Å². The Kier molecular flexibility index (Phi) is 5.00. The zero-order valence-corrected chi connectivity index (χ0v) is 15.5. The van der Waals surface area contributed by atoms with Crippen molar-refractivity contribution in [2.45, 2.75) is 37.9 Å². The molecule has 0 spiro atoms. The molecule has 0 radical (unpaired) electrons. The number of halogens is 3. The van der Waals surface area contributed by atoms with Gasteiger partial charge in [-0.25, -0.2) is 4.98 Å². The van der Waals surface area contributed by atoms with Crippen LogP contribution >= 0.6 is 0 Å². The maximum absolute atomic E-state index is 13.6. The first-order valence-electron chi connectivity index (χ1n) is 9.41. The molecule has 1 amide bonds. The monoisotopic (exact) mass is 397 g/mol. The van der Waals surface area contributed by atoms with Crippen LogP contribution in [0.2, 0.25) is 0 Å². The smallest absolute Gasteiger partial charge is 0.350 e. The Morgan fingerprint density at radius 3 is 2.75 bits per heavy atom. The highest BCUT2D eigenvalue weighted by molar-refractivity contribution is 6.06. The van der Waals surface area contributed by atoms with Gasteiger partial charge in [0.1, 0.15) is 6.04 Å². The number of carbonyl (C=O) groups excluding carboxylic acids is 1. The molecule has 2 aromatic heterocycles. The number of aromatic nitrogens is 2.